The van der Waals surface area contributed by atoms with Crippen molar-refractivity contribution in [1.29, 1.82) is 0 Å². The summed E-state index contributed by atoms with van der Waals surface area (Å²) < 4.78 is 56.7. The maximum Gasteiger partial charge on any atom is 0.416 e. The van der Waals surface area contributed by atoms with E-state index in [9.17, 15) is 22.4 Å². The largest absolute Gasteiger partial charge is 0.453 e. The van der Waals surface area contributed by atoms with Crippen molar-refractivity contribution in [2.75, 3.05) is 0 Å². The first kappa shape index (κ1) is 13.3. The number of benzene rings is 1. The third kappa shape index (κ3) is 2.52. The van der Waals surface area contributed by atoms with E-state index < -0.39 is 23.1 Å². The van der Waals surface area contributed by atoms with Crippen molar-refractivity contribution < 1.29 is 26.8 Å². The highest BCUT2D eigenvalue weighted by Crippen LogP contribution is 2.36. The molecule has 0 N–H and O–H groups in total. The van der Waals surface area contributed by atoms with E-state index in [0.29, 0.717) is 6.29 Å². The summed E-state index contributed by atoms with van der Waals surface area (Å²) in [7, 11) is 0. The van der Waals surface area contributed by atoms with E-state index >= 15 is 0 Å². The van der Waals surface area contributed by atoms with Crippen molar-refractivity contribution in [3.8, 4) is 11.3 Å². The normalized spacial score (nSPS) is 11.6. The molecule has 2 nitrogen and oxygen atoms in total. The molecular weight excluding hydrogens is 264 g/mol. The standard InChI is InChI=1S/C13H8F4O2/c1-7-10(13(15,16)17)4-8(5-11(7)14)12-3-2-9(6-18)19-12/h2-6H,1H3. The monoisotopic (exact) mass is 272 g/mol. The van der Waals surface area contributed by atoms with Crippen LogP contribution < -0.4 is 0 Å². The number of furan rings is 1. The second kappa shape index (κ2) is 4.53. The van der Waals surface area contributed by atoms with Crippen LogP contribution in [0.4, 0.5) is 17.6 Å². The van der Waals surface area contributed by atoms with Gasteiger partial charge in [0, 0.05) is 5.56 Å². The van der Waals surface area contributed by atoms with Gasteiger partial charge in [0.1, 0.15) is 11.6 Å². The minimum Gasteiger partial charge on any atom is -0.453 e. The maximum absolute atomic E-state index is 13.5. The van der Waals surface area contributed by atoms with E-state index in [1.54, 1.807) is 0 Å². The Morgan fingerprint density at radius 3 is 2.42 bits per heavy atom. The van der Waals surface area contributed by atoms with Gasteiger partial charge >= 0.3 is 6.18 Å². The van der Waals surface area contributed by atoms with Crippen molar-refractivity contribution in [1.82, 2.24) is 0 Å². The van der Waals surface area contributed by atoms with E-state index in [4.69, 9.17) is 4.42 Å². The van der Waals surface area contributed by atoms with Crippen LogP contribution in [0.5, 0.6) is 0 Å². The second-order valence-electron chi connectivity index (χ2n) is 3.95. The van der Waals surface area contributed by atoms with Gasteiger partial charge in [-0.1, -0.05) is 0 Å². The lowest BCUT2D eigenvalue weighted by Gasteiger charge is -2.12. The van der Waals surface area contributed by atoms with Gasteiger partial charge in [-0.2, -0.15) is 13.2 Å². The van der Waals surface area contributed by atoms with Crippen LogP contribution in [0, 0.1) is 12.7 Å². The van der Waals surface area contributed by atoms with E-state index in [1.807, 2.05) is 0 Å². The van der Waals surface area contributed by atoms with Crippen molar-refractivity contribution in [3.63, 3.8) is 0 Å². The molecule has 0 amide bonds. The summed E-state index contributed by atoms with van der Waals surface area (Å²) in [5, 5.41) is 0. The molecule has 0 saturated carbocycles. The van der Waals surface area contributed by atoms with Gasteiger partial charge in [0.2, 0.25) is 0 Å². The average Bonchev–Trinajstić information content (AvgIpc) is 2.79. The molecule has 6 heteroatoms. The number of alkyl halides is 3. The Hall–Kier alpha value is -2.11. The molecule has 2 rings (SSSR count). The van der Waals surface area contributed by atoms with Crippen LogP contribution in [0.1, 0.15) is 21.7 Å². The summed E-state index contributed by atoms with van der Waals surface area (Å²) in [5.74, 6) is -1.01. The Kier molecular flexibility index (Phi) is 3.18. The highest BCUT2D eigenvalue weighted by Gasteiger charge is 2.34. The molecule has 0 radical (unpaired) electrons. The summed E-state index contributed by atoms with van der Waals surface area (Å²) in [4.78, 5) is 10.5. The highest BCUT2D eigenvalue weighted by atomic mass is 19.4. The fourth-order valence-corrected chi connectivity index (χ4v) is 1.69. The van der Waals surface area contributed by atoms with Crippen LogP contribution in [0.15, 0.2) is 28.7 Å². The number of halogens is 4. The summed E-state index contributed by atoms with van der Waals surface area (Å²) in [6, 6.07) is 4.35. The van der Waals surface area contributed by atoms with Gasteiger partial charge in [0.05, 0.1) is 5.56 Å². The Balaban J connectivity index is 2.59. The minimum atomic E-state index is -4.65. The quantitative estimate of drug-likeness (QED) is 0.605. The predicted molar refractivity (Wildman–Crippen MR) is 59.2 cm³/mol. The molecule has 100 valence electrons. The smallest absolute Gasteiger partial charge is 0.416 e. The van der Waals surface area contributed by atoms with Crippen LogP contribution in [0.2, 0.25) is 0 Å². The molecule has 0 aliphatic rings. The van der Waals surface area contributed by atoms with E-state index in [2.05, 4.69) is 0 Å². The Morgan fingerprint density at radius 2 is 1.89 bits per heavy atom. The third-order valence-corrected chi connectivity index (χ3v) is 2.68. The second-order valence-corrected chi connectivity index (χ2v) is 3.95. The van der Waals surface area contributed by atoms with E-state index in [-0.39, 0.29) is 17.1 Å². The number of rotatable bonds is 2. The molecule has 0 aliphatic heterocycles. The zero-order chi connectivity index (χ0) is 14.2. The molecule has 1 aromatic heterocycles. The van der Waals surface area contributed by atoms with Crippen LogP contribution in [0.25, 0.3) is 11.3 Å². The topological polar surface area (TPSA) is 30.2 Å². The van der Waals surface area contributed by atoms with Crippen LogP contribution in [-0.4, -0.2) is 6.29 Å². The third-order valence-electron chi connectivity index (χ3n) is 2.68. The molecule has 0 atom stereocenters. The predicted octanol–water partition coefficient (Wildman–Crippen LogP) is 4.23. The number of carbonyl (C=O) groups excluding carboxylic acids is 1. The molecule has 2 aromatic rings. The SMILES string of the molecule is Cc1c(F)cc(-c2ccc(C=O)o2)cc1C(F)(F)F. The van der Waals surface area contributed by atoms with Gasteiger partial charge in [-0.15, -0.1) is 0 Å². The summed E-state index contributed by atoms with van der Waals surface area (Å²) in [6.45, 7) is 1.06. The minimum absolute atomic E-state index is 0.00602. The van der Waals surface area contributed by atoms with Gasteiger partial charge in [-0.3, -0.25) is 4.79 Å². The summed E-state index contributed by atoms with van der Waals surface area (Å²) >= 11 is 0. The van der Waals surface area contributed by atoms with E-state index in [1.165, 1.54) is 12.1 Å². The van der Waals surface area contributed by atoms with Gasteiger partial charge < -0.3 is 4.42 Å². The first-order valence-corrected chi connectivity index (χ1v) is 5.25. The molecule has 19 heavy (non-hydrogen) atoms. The number of aldehydes is 1. The van der Waals surface area contributed by atoms with Crippen molar-refractivity contribution in [2.24, 2.45) is 0 Å². The van der Waals surface area contributed by atoms with Crippen molar-refractivity contribution in [3.05, 3.63) is 47.0 Å². The van der Waals surface area contributed by atoms with Crippen LogP contribution in [-0.2, 0) is 6.18 Å². The highest BCUT2D eigenvalue weighted by molar-refractivity contribution is 5.73. The summed E-state index contributed by atoms with van der Waals surface area (Å²) in [5.41, 5.74) is -1.60. The molecule has 0 spiro atoms. The lowest BCUT2D eigenvalue weighted by atomic mass is 10.0. The molecule has 0 bridgehead atoms. The lowest BCUT2D eigenvalue weighted by Crippen LogP contribution is -2.09. The summed E-state index contributed by atoms with van der Waals surface area (Å²) in [6.07, 6.45) is -4.24. The average molecular weight is 272 g/mol. The zero-order valence-electron chi connectivity index (χ0n) is 9.72. The molecule has 0 aliphatic carbocycles. The molecule has 1 heterocycles. The van der Waals surface area contributed by atoms with E-state index in [0.717, 1.165) is 19.1 Å². The number of carbonyl (C=O) groups is 1. The van der Waals surface area contributed by atoms with Crippen LogP contribution in [0.3, 0.4) is 0 Å². The zero-order valence-corrected chi connectivity index (χ0v) is 9.72. The van der Waals surface area contributed by atoms with Gasteiger partial charge in [0.25, 0.3) is 0 Å². The lowest BCUT2D eigenvalue weighted by molar-refractivity contribution is -0.138. The molecular formula is C13H8F4O2. The van der Waals surface area contributed by atoms with Crippen molar-refractivity contribution >= 4 is 6.29 Å². The Labute approximate surface area is 105 Å². The molecule has 0 fully saturated rings. The number of hydrogen-bond acceptors (Lipinski definition) is 2. The Bertz CT molecular complexity index is 626. The van der Waals surface area contributed by atoms with Gasteiger partial charge in [0.15, 0.2) is 12.0 Å². The number of hydrogen-bond donors (Lipinski definition) is 0. The molecule has 1 aromatic carbocycles. The first-order chi connectivity index (χ1) is 8.82. The molecule has 0 unspecified atom stereocenters. The molecule has 0 saturated heterocycles. The van der Waals surface area contributed by atoms with Gasteiger partial charge in [-0.05, 0) is 36.8 Å². The van der Waals surface area contributed by atoms with Crippen LogP contribution >= 0.6 is 0 Å². The first-order valence-electron chi connectivity index (χ1n) is 5.25. The Morgan fingerprint density at radius 1 is 1.21 bits per heavy atom. The fraction of sp³-hybridized carbons (Fsp3) is 0.154. The maximum atomic E-state index is 13.5. The van der Waals surface area contributed by atoms with Gasteiger partial charge in [-0.25, -0.2) is 4.39 Å². The fourth-order valence-electron chi connectivity index (χ4n) is 1.69. The van der Waals surface area contributed by atoms with Crippen molar-refractivity contribution in [2.45, 2.75) is 13.1 Å².